The summed E-state index contributed by atoms with van der Waals surface area (Å²) in [4.78, 5) is 29.7. The van der Waals surface area contributed by atoms with Crippen molar-refractivity contribution in [3.8, 4) is 0 Å². The topological polar surface area (TPSA) is 40.6 Å². The first-order valence-corrected chi connectivity index (χ1v) is 11.3. The fourth-order valence-corrected chi connectivity index (χ4v) is 7.11. The summed E-state index contributed by atoms with van der Waals surface area (Å²) in [7, 11) is 0. The zero-order valence-electron chi connectivity index (χ0n) is 17.1. The fraction of sp³-hybridized carbons (Fsp3) is 0.667. The van der Waals surface area contributed by atoms with Gasteiger partial charge in [0.1, 0.15) is 5.82 Å². The molecule has 5 fully saturated rings. The zero-order chi connectivity index (χ0) is 20.0. The van der Waals surface area contributed by atoms with Gasteiger partial charge in [-0.3, -0.25) is 9.59 Å². The predicted molar refractivity (Wildman–Crippen MR) is 109 cm³/mol. The summed E-state index contributed by atoms with van der Waals surface area (Å²) in [6.45, 7) is 2.46. The number of carbonyl (C=O) groups is 2. The zero-order valence-corrected chi connectivity index (χ0v) is 17.1. The average Bonchev–Trinajstić information content (AvgIpc) is 2.92. The first-order valence-electron chi connectivity index (χ1n) is 11.3. The Labute approximate surface area is 172 Å². The van der Waals surface area contributed by atoms with Gasteiger partial charge in [-0.05, 0) is 86.3 Å². The van der Waals surface area contributed by atoms with E-state index in [2.05, 4.69) is 0 Å². The van der Waals surface area contributed by atoms with Crippen LogP contribution in [0.3, 0.4) is 0 Å². The molecule has 4 saturated carbocycles. The van der Waals surface area contributed by atoms with Crippen molar-refractivity contribution in [1.82, 2.24) is 9.80 Å². The summed E-state index contributed by atoms with van der Waals surface area (Å²) in [5.74, 6) is 2.33. The summed E-state index contributed by atoms with van der Waals surface area (Å²) in [5, 5.41) is 0. The summed E-state index contributed by atoms with van der Waals surface area (Å²) < 4.78 is 13.5. The van der Waals surface area contributed by atoms with E-state index >= 15 is 0 Å². The van der Waals surface area contributed by atoms with Crippen molar-refractivity contribution in [1.29, 1.82) is 0 Å². The lowest BCUT2D eigenvalue weighted by atomic mass is 9.49. The second kappa shape index (κ2) is 7.41. The number of hydrogen-bond acceptors (Lipinski definition) is 2. The molecule has 0 aromatic heterocycles. The Hall–Kier alpha value is -1.91. The van der Waals surface area contributed by atoms with Crippen LogP contribution in [0, 0.1) is 29.0 Å². The highest BCUT2D eigenvalue weighted by molar-refractivity contribution is 5.94. The van der Waals surface area contributed by atoms with E-state index in [1.807, 2.05) is 4.90 Å². The maximum atomic E-state index is 13.5. The van der Waals surface area contributed by atoms with Crippen LogP contribution in [0.4, 0.5) is 4.39 Å². The molecule has 6 rings (SSSR count). The molecular formula is C24H31FN2O2. The van der Waals surface area contributed by atoms with Crippen molar-refractivity contribution in [2.24, 2.45) is 23.2 Å². The summed E-state index contributed by atoms with van der Waals surface area (Å²) in [5.41, 5.74) is 0.646. The second-order valence-electron chi connectivity index (χ2n) is 10.1. The largest absolute Gasteiger partial charge is 0.341 e. The number of rotatable bonds is 3. The number of amides is 2. The van der Waals surface area contributed by atoms with E-state index in [9.17, 15) is 14.0 Å². The standard InChI is InChI=1S/C24H31FN2O2/c25-21-4-1-3-20(12-21)23(29)27-6-2-5-26(7-8-27)22(28)16-24-13-17-9-18(14-24)11-19(10-17)15-24/h1,3-4,12,17-19H,2,5-11,13-16H2. The molecule has 1 aromatic carbocycles. The molecule has 1 saturated heterocycles. The number of hydrogen-bond donors (Lipinski definition) is 0. The van der Waals surface area contributed by atoms with Crippen molar-refractivity contribution < 1.29 is 14.0 Å². The first kappa shape index (κ1) is 19.1. The van der Waals surface area contributed by atoms with Gasteiger partial charge in [-0.15, -0.1) is 0 Å². The Morgan fingerprint density at radius 1 is 0.931 bits per heavy atom. The minimum Gasteiger partial charge on any atom is -0.341 e. The third-order valence-electron chi connectivity index (χ3n) is 7.90. The Morgan fingerprint density at radius 2 is 1.55 bits per heavy atom. The van der Waals surface area contributed by atoms with Gasteiger partial charge in [-0.25, -0.2) is 4.39 Å². The molecule has 0 spiro atoms. The Bertz CT molecular complexity index is 773. The lowest BCUT2D eigenvalue weighted by Gasteiger charge is -2.57. The second-order valence-corrected chi connectivity index (χ2v) is 10.1. The van der Waals surface area contributed by atoms with Gasteiger partial charge in [-0.2, -0.15) is 0 Å². The van der Waals surface area contributed by atoms with Crippen LogP contribution in [0.2, 0.25) is 0 Å². The van der Waals surface area contributed by atoms with Crippen molar-refractivity contribution in [2.75, 3.05) is 26.2 Å². The SMILES string of the molecule is O=C(CC12CC3CC(CC(C3)C1)C2)N1CCCN(C(=O)c2cccc(F)c2)CC1. The monoisotopic (exact) mass is 398 g/mol. The number of halogens is 1. The van der Waals surface area contributed by atoms with Crippen LogP contribution in [-0.4, -0.2) is 47.8 Å². The smallest absolute Gasteiger partial charge is 0.254 e. The Kier molecular flexibility index (Phi) is 4.87. The molecule has 5 heteroatoms. The van der Waals surface area contributed by atoms with Gasteiger partial charge in [0.2, 0.25) is 5.91 Å². The van der Waals surface area contributed by atoms with E-state index < -0.39 is 5.82 Å². The van der Waals surface area contributed by atoms with Crippen molar-refractivity contribution in [3.63, 3.8) is 0 Å². The quantitative estimate of drug-likeness (QED) is 0.769. The van der Waals surface area contributed by atoms with E-state index in [4.69, 9.17) is 0 Å². The molecule has 4 nitrogen and oxygen atoms in total. The normalized spacial score (nSPS) is 33.6. The number of nitrogens with zero attached hydrogens (tertiary/aromatic N) is 2. The number of carbonyl (C=O) groups excluding carboxylic acids is 2. The van der Waals surface area contributed by atoms with Crippen LogP contribution in [0.1, 0.15) is 61.7 Å². The summed E-state index contributed by atoms with van der Waals surface area (Å²) in [6, 6.07) is 5.88. The van der Waals surface area contributed by atoms with Crippen LogP contribution in [0.5, 0.6) is 0 Å². The van der Waals surface area contributed by atoms with E-state index in [0.29, 0.717) is 31.6 Å². The lowest BCUT2D eigenvalue weighted by molar-refractivity contribution is -0.139. The fourth-order valence-electron chi connectivity index (χ4n) is 7.11. The van der Waals surface area contributed by atoms with Gasteiger partial charge < -0.3 is 9.80 Å². The van der Waals surface area contributed by atoms with Crippen LogP contribution in [0.15, 0.2) is 24.3 Å². The van der Waals surface area contributed by atoms with Gasteiger partial charge >= 0.3 is 0 Å². The van der Waals surface area contributed by atoms with E-state index in [1.54, 1.807) is 17.0 Å². The molecule has 1 heterocycles. The van der Waals surface area contributed by atoms with Gasteiger partial charge in [0, 0.05) is 38.2 Å². The molecule has 0 unspecified atom stereocenters. The predicted octanol–water partition coefficient (Wildman–Crippen LogP) is 4.11. The highest BCUT2D eigenvalue weighted by Crippen LogP contribution is 2.61. The molecule has 1 aliphatic heterocycles. The van der Waals surface area contributed by atoms with Crippen molar-refractivity contribution in [3.05, 3.63) is 35.6 Å². The minimum atomic E-state index is -0.391. The molecule has 4 bridgehead atoms. The van der Waals surface area contributed by atoms with Gasteiger partial charge in [0.15, 0.2) is 0 Å². The van der Waals surface area contributed by atoms with Crippen molar-refractivity contribution >= 4 is 11.8 Å². The number of benzene rings is 1. The minimum absolute atomic E-state index is 0.139. The highest BCUT2D eigenvalue weighted by Gasteiger charge is 2.51. The van der Waals surface area contributed by atoms with Gasteiger partial charge in [-0.1, -0.05) is 6.07 Å². The van der Waals surface area contributed by atoms with Crippen LogP contribution < -0.4 is 0 Å². The molecule has 156 valence electrons. The highest BCUT2D eigenvalue weighted by atomic mass is 19.1. The maximum absolute atomic E-state index is 13.5. The van der Waals surface area contributed by atoms with Crippen molar-refractivity contribution in [2.45, 2.75) is 51.4 Å². The van der Waals surface area contributed by atoms with Crippen LogP contribution >= 0.6 is 0 Å². The Morgan fingerprint density at radius 3 is 2.21 bits per heavy atom. The third-order valence-corrected chi connectivity index (χ3v) is 7.90. The molecule has 0 atom stereocenters. The molecule has 2 amide bonds. The van der Waals surface area contributed by atoms with Crippen LogP contribution in [-0.2, 0) is 4.79 Å². The first-order chi connectivity index (χ1) is 14.0. The Balaban J connectivity index is 1.21. The molecule has 4 aliphatic carbocycles. The average molecular weight is 399 g/mol. The van der Waals surface area contributed by atoms with E-state index in [1.165, 1.54) is 50.7 Å². The van der Waals surface area contributed by atoms with E-state index in [0.717, 1.165) is 30.7 Å². The third kappa shape index (κ3) is 3.80. The van der Waals surface area contributed by atoms with Gasteiger partial charge in [0.25, 0.3) is 5.91 Å². The van der Waals surface area contributed by atoms with Gasteiger partial charge in [0.05, 0.1) is 0 Å². The molecule has 1 aromatic rings. The summed E-state index contributed by atoms with van der Waals surface area (Å²) in [6.07, 6.45) is 9.44. The molecule has 0 N–H and O–H groups in total. The van der Waals surface area contributed by atoms with E-state index in [-0.39, 0.29) is 17.2 Å². The lowest BCUT2D eigenvalue weighted by Crippen LogP contribution is -2.48. The molecule has 5 aliphatic rings. The molecule has 29 heavy (non-hydrogen) atoms. The molecule has 0 radical (unpaired) electrons. The molecular weight excluding hydrogens is 367 g/mol. The summed E-state index contributed by atoms with van der Waals surface area (Å²) >= 11 is 0. The maximum Gasteiger partial charge on any atom is 0.254 e. The van der Waals surface area contributed by atoms with Crippen LogP contribution in [0.25, 0.3) is 0 Å².